The number of hydrogen-bond acceptors (Lipinski definition) is 6. The number of nitriles is 1. The quantitative estimate of drug-likeness (QED) is 0.703. The Bertz CT molecular complexity index is 656. The van der Waals surface area contributed by atoms with E-state index in [1.165, 1.54) is 0 Å². The highest BCUT2D eigenvalue weighted by molar-refractivity contribution is 5.81. The fraction of sp³-hybridized carbons (Fsp3) is 0.632. The molecule has 2 fully saturated rings. The van der Waals surface area contributed by atoms with Crippen LogP contribution in [0.15, 0.2) is 22.8 Å². The summed E-state index contributed by atoms with van der Waals surface area (Å²) >= 11 is 0. The van der Waals surface area contributed by atoms with Crippen molar-refractivity contribution in [2.24, 2.45) is 0 Å². The summed E-state index contributed by atoms with van der Waals surface area (Å²) in [6.45, 7) is 4.25. The predicted octanol–water partition coefficient (Wildman–Crippen LogP) is 0.845. The number of piperazine rings is 1. The summed E-state index contributed by atoms with van der Waals surface area (Å²) in [7, 11) is 0. The van der Waals surface area contributed by atoms with Crippen LogP contribution in [0.2, 0.25) is 0 Å². The maximum atomic E-state index is 12.7. The molecule has 1 aromatic heterocycles. The van der Waals surface area contributed by atoms with Gasteiger partial charge in [-0.2, -0.15) is 5.26 Å². The van der Waals surface area contributed by atoms with E-state index in [4.69, 9.17) is 14.4 Å². The van der Waals surface area contributed by atoms with Crippen molar-refractivity contribution in [3.8, 4) is 6.07 Å². The van der Waals surface area contributed by atoms with Crippen LogP contribution in [0.4, 0.5) is 0 Å². The molecule has 27 heavy (non-hydrogen) atoms. The number of nitrogens with zero attached hydrogens (tertiary/aromatic N) is 4. The second-order valence-corrected chi connectivity index (χ2v) is 6.91. The molecule has 1 aromatic rings. The van der Waals surface area contributed by atoms with Gasteiger partial charge in [0.15, 0.2) is 0 Å². The second-order valence-electron chi connectivity index (χ2n) is 6.91. The van der Waals surface area contributed by atoms with Crippen molar-refractivity contribution in [1.29, 1.82) is 5.26 Å². The summed E-state index contributed by atoms with van der Waals surface area (Å²) in [6, 6.07) is 5.69. The van der Waals surface area contributed by atoms with E-state index < -0.39 is 0 Å². The number of rotatable bonds is 7. The van der Waals surface area contributed by atoms with E-state index in [0.29, 0.717) is 51.6 Å². The standard InChI is InChI=1S/C19H26N4O4/c20-6-3-7-23(14-16-4-1-12-26-16)18(24)15-21-8-10-22(11-9-21)19(25)17-5-2-13-27-17/h1,4,12,17H,2-3,5,7-11,13-15H2. The monoisotopic (exact) mass is 374 g/mol. The Labute approximate surface area is 159 Å². The van der Waals surface area contributed by atoms with Gasteiger partial charge in [0.25, 0.3) is 5.91 Å². The van der Waals surface area contributed by atoms with Crippen molar-refractivity contribution >= 4 is 11.8 Å². The third kappa shape index (κ3) is 5.31. The maximum Gasteiger partial charge on any atom is 0.251 e. The van der Waals surface area contributed by atoms with Gasteiger partial charge in [-0.15, -0.1) is 0 Å². The lowest BCUT2D eigenvalue weighted by Gasteiger charge is -2.36. The number of furan rings is 1. The largest absolute Gasteiger partial charge is 0.467 e. The summed E-state index contributed by atoms with van der Waals surface area (Å²) in [5, 5.41) is 8.85. The molecule has 2 aliphatic rings. The third-order valence-corrected chi connectivity index (χ3v) is 5.02. The first-order chi connectivity index (χ1) is 13.2. The van der Waals surface area contributed by atoms with Crippen molar-refractivity contribution in [3.63, 3.8) is 0 Å². The van der Waals surface area contributed by atoms with Crippen molar-refractivity contribution < 1.29 is 18.7 Å². The molecule has 0 radical (unpaired) electrons. The van der Waals surface area contributed by atoms with E-state index in [1.54, 1.807) is 17.2 Å². The molecule has 3 heterocycles. The molecule has 8 nitrogen and oxygen atoms in total. The Hall–Kier alpha value is -2.37. The van der Waals surface area contributed by atoms with E-state index >= 15 is 0 Å². The van der Waals surface area contributed by atoms with Gasteiger partial charge in [0.2, 0.25) is 5.91 Å². The molecule has 146 valence electrons. The van der Waals surface area contributed by atoms with Gasteiger partial charge in [-0.3, -0.25) is 14.5 Å². The van der Waals surface area contributed by atoms with Gasteiger partial charge in [-0.1, -0.05) is 0 Å². The number of carbonyl (C=O) groups is 2. The van der Waals surface area contributed by atoms with E-state index in [0.717, 1.165) is 12.8 Å². The molecule has 0 N–H and O–H groups in total. The number of hydrogen-bond donors (Lipinski definition) is 0. The molecule has 0 aliphatic carbocycles. The molecule has 2 aliphatic heterocycles. The molecule has 0 saturated carbocycles. The lowest BCUT2D eigenvalue weighted by atomic mass is 10.2. The number of carbonyl (C=O) groups excluding carboxylic acids is 2. The van der Waals surface area contributed by atoms with Crippen molar-refractivity contribution in [3.05, 3.63) is 24.2 Å². The molecular formula is C19H26N4O4. The van der Waals surface area contributed by atoms with E-state index in [2.05, 4.69) is 11.0 Å². The minimum absolute atomic E-state index is 0.0273. The highest BCUT2D eigenvalue weighted by atomic mass is 16.5. The zero-order chi connectivity index (χ0) is 19.1. The van der Waals surface area contributed by atoms with Crippen molar-refractivity contribution in [2.75, 3.05) is 45.9 Å². The van der Waals surface area contributed by atoms with Gasteiger partial charge in [0.05, 0.1) is 31.8 Å². The Balaban J connectivity index is 1.48. The molecule has 1 atom stereocenters. The Morgan fingerprint density at radius 2 is 2.11 bits per heavy atom. The normalized spacial score (nSPS) is 20.4. The van der Waals surface area contributed by atoms with Crippen LogP contribution < -0.4 is 0 Å². The van der Waals surface area contributed by atoms with Gasteiger partial charge >= 0.3 is 0 Å². The van der Waals surface area contributed by atoms with Crippen LogP contribution in [0.1, 0.15) is 25.0 Å². The lowest BCUT2D eigenvalue weighted by Crippen LogP contribution is -2.53. The smallest absolute Gasteiger partial charge is 0.251 e. The number of ether oxygens (including phenoxy) is 1. The van der Waals surface area contributed by atoms with Crippen LogP contribution in [0.5, 0.6) is 0 Å². The summed E-state index contributed by atoms with van der Waals surface area (Å²) in [4.78, 5) is 30.7. The third-order valence-electron chi connectivity index (χ3n) is 5.02. The fourth-order valence-corrected chi connectivity index (χ4v) is 3.46. The highest BCUT2D eigenvalue weighted by Gasteiger charge is 2.31. The average Bonchev–Trinajstić information content (AvgIpc) is 3.39. The average molecular weight is 374 g/mol. The van der Waals surface area contributed by atoms with E-state index in [-0.39, 0.29) is 30.9 Å². The highest BCUT2D eigenvalue weighted by Crippen LogP contribution is 2.16. The Morgan fingerprint density at radius 3 is 2.74 bits per heavy atom. The van der Waals surface area contributed by atoms with Gasteiger partial charge in [0.1, 0.15) is 11.9 Å². The first-order valence-electron chi connectivity index (χ1n) is 9.47. The summed E-state index contributed by atoms with van der Waals surface area (Å²) < 4.78 is 10.8. The van der Waals surface area contributed by atoms with Crippen LogP contribution in [0.3, 0.4) is 0 Å². The second kappa shape index (κ2) is 9.53. The van der Waals surface area contributed by atoms with Crippen LogP contribution in [-0.4, -0.2) is 78.5 Å². The van der Waals surface area contributed by atoms with Gasteiger partial charge in [-0.05, 0) is 25.0 Å². The summed E-state index contributed by atoms with van der Waals surface area (Å²) in [5.74, 6) is 0.751. The zero-order valence-electron chi connectivity index (χ0n) is 15.5. The fourth-order valence-electron chi connectivity index (χ4n) is 3.46. The van der Waals surface area contributed by atoms with Crippen LogP contribution in [0, 0.1) is 11.3 Å². The summed E-state index contributed by atoms with van der Waals surface area (Å²) in [6.07, 6.45) is 3.33. The van der Waals surface area contributed by atoms with Gasteiger partial charge < -0.3 is 19.0 Å². The first kappa shape index (κ1) is 19.4. The minimum Gasteiger partial charge on any atom is -0.467 e. The first-order valence-corrected chi connectivity index (χ1v) is 9.47. The Kier molecular flexibility index (Phi) is 6.85. The van der Waals surface area contributed by atoms with Crippen LogP contribution in [0.25, 0.3) is 0 Å². The van der Waals surface area contributed by atoms with E-state index in [9.17, 15) is 9.59 Å². The molecule has 0 spiro atoms. The lowest BCUT2D eigenvalue weighted by molar-refractivity contribution is -0.143. The SMILES string of the molecule is N#CCCN(Cc1ccco1)C(=O)CN1CCN(C(=O)C2CCCO2)CC1. The molecule has 3 rings (SSSR count). The molecule has 8 heteroatoms. The van der Waals surface area contributed by atoms with Crippen LogP contribution >= 0.6 is 0 Å². The Morgan fingerprint density at radius 1 is 1.30 bits per heavy atom. The molecular weight excluding hydrogens is 348 g/mol. The van der Waals surface area contributed by atoms with Gasteiger partial charge in [-0.25, -0.2) is 0 Å². The molecule has 0 aromatic carbocycles. The van der Waals surface area contributed by atoms with Crippen molar-refractivity contribution in [1.82, 2.24) is 14.7 Å². The topological polar surface area (TPSA) is 90.0 Å². The van der Waals surface area contributed by atoms with Gasteiger partial charge in [0, 0.05) is 39.3 Å². The van der Waals surface area contributed by atoms with Crippen molar-refractivity contribution in [2.45, 2.75) is 31.9 Å². The maximum absolute atomic E-state index is 12.7. The molecule has 0 bridgehead atoms. The number of amides is 2. The molecule has 2 saturated heterocycles. The molecule has 1 unspecified atom stereocenters. The van der Waals surface area contributed by atoms with Crippen LogP contribution in [-0.2, 0) is 20.9 Å². The predicted molar refractivity (Wildman–Crippen MR) is 96.3 cm³/mol. The summed E-state index contributed by atoms with van der Waals surface area (Å²) in [5.41, 5.74) is 0. The van der Waals surface area contributed by atoms with E-state index in [1.807, 2.05) is 11.0 Å². The molecule has 2 amide bonds. The zero-order valence-corrected chi connectivity index (χ0v) is 15.5. The minimum atomic E-state index is -0.284.